The summed E-state index contributed by atoms with van der Waals surface area (Å²) < 4.78 is 37.6. The molecular formula is C13H19F3N4O. The summed E-state index contributed by atoms with van der Waals surface area (Å²) in [5.41, 5.74) is 4.77. The van der Waals surface area contributed by atoms with Gasteiger partial charge in [-0.3, -0.25) is 4.79 Å². The number of aromatic nitrogens is 2. The molecule has 3 N–H and O–H groups in total. The lowest BCUT2D eigenvalue weighted by Gasteiger charge is -2.31. The number of H-pyrrole nitrogens is 1. The molecule has 1 aromatic heterocycles. The summed E-state index contributed by atoms with van der Waals surface area (Å²) >= 11 is 0. The summed E-state index contributed by atoms with van der Waals surface area (Å²) in [5.74, 6) is 0.279. The van der Waals surface area contributed by atoms with Crippen LogP contribution < -0.4 is 5.73 Å². The number of nitrogens with zero attached hydrogens (tertiary/aromatic N) is 2. The van der Waals surface area contributed by atoms with Crippen LogP contribution in [0.25, 0.3) is 0 Å². The van der Waals surface area contributed by atoms with Gasteiger partial charge in [0.1, 0.15) is 11.5 Å². The second-order valence-corrected chi connectivity index (χ2v) is 5.52. The maximum atomic E-state index is 12.5. The predicted molar refractivity (Wildman–Crippen MR) is 70.4 cm³/mol. The Morgan fingerprint density at radius 1 is 1.52 bits per heavy atom. The molecule has 0 aliphatic carbocycles. The van der Waals surface area contributed by atoms with Gasteiger partial charge in [0, 0.05) is 31.5 Å². The van der Waals surface area contributed by atoms with E-state index in [9.17, 15) is 18.0 Å². The van der Waals surface area contributed by atoms with Gasteiger partial charge >= 0.3 is 6.18 Å². The molecule has 1 aliphatic rings. The van der Waals surface area contributed by atoms with Gasteiger partial charge in [0.2, 0.25) is 5.91 Å². The van der Waals surface area contributed by atoms with Crippen LogP contribution in [-0.4, -0.2) is 39.9 Å². The minimum absolute atomic E-state index is 0.00104. The van der Waals surface area contributed by atoms with E-state index in [1.54, 1.807) is 11.8 Å². The molecule has 2 heterocycles. The van der Waals surface area contributed by atoms with Gasteiger partial charge in [-0.25, -0.2) is 4.98 Å². The zero-order chi connectivity index (χ0) is 15.6. The summed E-state index contributed by atoms with van der Waals surface area (Å²) in [6.07, 6.45) is -2.07. The first-order chi connectivity index (χ1) is 9.77. The van der Waals surface area contributed by atoms with E-state index in [-0.39, 0.29) is 17.9 Å². The molecule has 118 valence electrons. The molecule has 1 aliphatic heterocycles. The normalized spacial score (nSPS) is 18.8. The molecule has 2 rings (SSSR count). The standard InChI is InChI=1S/C13H19F3N4O/c1-8(17)6-11(21)20-4-2-9(3-5-20)12-18-7-10(19-12)13(14,15)16/h7-9H,2-6,17H2,1H3,(H,18,19). The molecule has 21 heavy (non-hydrogen) atoms. The Kier molecular flexibility index (Phi) is 4.55. The van der Waals surface area contributed by atoms with Gasteiger partial charge in [0.15, 0.2) is 0 Å². The number of alkyl halides is 3. The van der Waals surface area contributed by atoms with Crippen LogP contribution in [0.4, 0.5) is 13.2 Å². The highest BCUT2D eigenvalue weighted by Gasteiger charge is 2.34. The number of hydrogen-bond acceptors (Lipinski definition) is 3. The summed E-state index contributed by atoms with van der Waals surface area (Å²) in [4.78, 5) is 19.7. The molecule has 1 saturated heterocycles. The highest BCUT2D eigenvalue weighted by Crippen LogP contribution is 2.31. The van der Waals surface area contributed by atoms with E-state index in [1.807, 2.05) is 0 Å². The van der Waals surface area contributed by atoms with Crippen molar-refractivity contribution in [3.05, 3.63) is 17.7 Å². The van der Waals surface area contributed by atoms with Crippen LogP contribution in [0.3, 0.4) is 0 Å². The SMILES string of the molecule is CC(N)CC(=O)N1CCC(c2ncc(C(F)(F)F)[nH]2)CC1. The predicted octanol–water partition coefficient (Wildman–Crippen LogP) is 1.87. The molecule has 1 amide bonds. The second kappa shape index (κ2) is 6.05. The maximum Gasteiger partial charge on any atom is 0.432 e. The molecule has 5 nitrogen and oxygen atoms in total. The lowest BCUT2D eigenvalue weighted by atomic mass is 9.96. The number of carbonyl (C=O) groups excluding carboxylic acids is 1. The van der Waals surface area contributed by atoms with Crippen LogP contribution in [0.5, 0.6) is 0 Å². The van der Waals surface area contributed by atoms with Gasteiger partial charge < -0.3 is 15.6 Å². The number of hydrogen-bond donors (Lipinski definition) is 2. The van der Waals surface area contributed by atoms with E-state index in [2.05, 4.69) is 9.97 Å². The quantitative estimate of drug-likeness (QED) is 0.895. The summed E-state index contributed by atoms with van der Waals surface area (Å²) in [6, 6.07) is -0.186. The molecule has 1 fully saturated rings. The number of imidazole rings is 1. The Bertz CT molecular complexity index is 490. The summed E-state index contributed by atoms with van der Waals surface area (Å²) in [6.45, 7) is 2.82. The minimum atomic E-state index is -4.40. The Labute approximate surface area is 120 Å². The van der Waals surface area contributed by atoms with Crippen molar-refractivity contribution in [2.75, 3.05) is 13.1 Å². The maximum absolute atomic E-state index is 12.5. The fourth-order valence-corrected chi connectivity index (χ4v) is 2.50. The van der Waals surface area contributed by atoms with Gasteiger partial charge in [0.05, 0.1) is 6.20 Å². The van der Waals surface area contributed by atoms with E-state index in [0.717, 1.165) is 6.20 Å². The third kappa shape index (κ3) is 3.96. The van der Waals surface area contributed by atoms with Crippen LogP contribution in [0.1, 0.15) is 43.6 Å². The molecule has 0 aromatic carbocycles. The first kappa shape index (κ1) is 15.8. The molecule has 0 radical (unpaired) electrons. The first-order valence-corrected chi connectivity index (χ1v) is 6.93. The number of aromatic amines is 1. The number of nitrogens with two attached hydrogens (primary N) is 1. The van der Waals surface area contributed by atoms with Crippen LogP contribution in [0, 0.1) is 0 Å². The highest BCUT2D eigenvalue weighted by molar-refractivity contribution is 5.76. The van der Waals surface area contributed by atoms with Crippen molar-refractivity contribution in [2.24, 2.45) is 5.73 Å². The minimum Gasteiger partial charge on any atom is -0.343 e. The number of piperidine rings is 1. The monoisotopic (exact) mass is 304 g/mol. The lowest BCUT2D eigenvalue weighted by molar-refractivity contribution is -0.141. The average molecular weight is 304 g/mol. The number of nitrogens with one attached hydrogen (secondary N) is 1. The average Bonchev–Trinajstić information content (AvgIpc) is 2.87. The second-order valence-electron chi connectivity index (χ2n) is 5.52. The third-order valence-corrected chi connectivity index (χ3v) is 3.63. The van der Waals surface area contributed by atoms with Crippen molar-refractivity contribution in [1.82, 2.24) is 14.9 Å². The van der Waals surface area contributed by atoms with E-state index < -0.39 is 11.9 Å². The third-order valence-electron chi connectivity index (χ3n) is 3.63. The van der Waals surface area contributed by atoms with E-state index in [4.69, 9.17) is 5.73 Å². The van der Waals surface area contributed by atoms with Gasteiger partial charge in [0.25, 0.3) is 0 Å². The van der Waals surface area contributed by atoms with Gasteiger partial charge in [-0.05, 0) is 19.8 Å². The van der Waals surface area contributed by atoms with Crippen LogP contribution >= 0.6 is 0 Å². The van der Waals surface area contributed by atoms with Crippen molar-refractivity contribution in [3.63, 3.8) is 0 Å². The fraction of sp³-hybridized carbons (Fsp3) is 0.692. The topological polar surface area (TPSA) is 75.0 Å². The van der Waals surface area contributed by atoms with Gasteiger partial charge in [-0.15, -0.1) is 0 Å². The zero-order valence-electron chi connectivity index (χ0n) is 11.8. The highest BCUT2D eigenvalue weighted by atomic mass is 19.4. The molecule has 0 spiro atoms. The smallest absolute Gasteiger partial charge is 0.343 e. The van der Waals surface area contributed by atoms with Crippen LogP contribution in [0.2, 0.25) is 0 Å². The van der Waals surface area contributed by atoms with Crippen molar-refractivity contribution in [1.29, 1.82) is 0 Å². The molecule has 0 saturated carbocycles. The van der Waals surface area contributed by atoms with E-state index in [0.29, 0.717) is 38.2 Å². The number of rotatable bonds is 3. The molecule has 1 unspecified atom stereocenters. The lowest BCUT2D eigenvalue weighted by Crippen LogP contribution is -2.40. The number of carbonyl (C=O) groups is 1. The van der Waals surface area contributed by atoms with Gasteiger partial charge in [-0.1, -0.05) is 0 Å². The van der Waals surface area contributed by atoms with E-state index in [1.165, 1.54) is 0 Å². The van der Waals surface area contributed by atoms with E-state index >= 15 is 0 Å². The van der Waals surface area contributed by atoms with Crippen molar-refractivity contribution in [3.8, 4) is 0 Å². The number of amides is 1. The number of likely N-dealkylation sites (tertiary alicyclic amines) is 1. The Balaban J connectivity index is 1.92. The molecule has 0 bridgehead atoms. The Hall–Kier alpha value is -1.57. The summed E-state index contributed by atoms with van der Waals surface area (Å²) in [7, 11) is 0. The van der Waals surface area contributed by atoms with Crippen LogP contribution in [-0.2, 0) is 11.0 Å². The number of halogens is 3. The van der Waals surface area contributed by atoms with Gasteiger partial charge in [-0.2, -0.15) is 13.2 Å². The Morgan fingerprint density at radius 3 is 2.62 bits per heavy atom. The summed E-state index contributed by atoms with van der Waals surface area (Å²) in [5, 5.41) is 0. The largest absolute Gasteiger partial charge is 0.432 e. The fourth-order valence-electron chi connectivity index (χ4n) is 2.50. The van der Waals surface area contributed by atoms with Crippen molar-refractivity contribution < 1.29 is 18.0 Å². The van der Waals surface area contributed by atoms with Crippen molar-refractivity contribution in [2.45, 2.75) is 44.3 Å². The van der Waals surface area contributed by atoms with Crippen LogP contribution in [0.15, 0.2) is 6.20 Å². The molecule has 8 heteroatoms. The Morgan fingerprint density at radius 2 is 2.14 bits per heavy atom. The first-order valence-electron chi connectivity index (χ1n) is 6.93. The molecule has 1 atom stereocenters. The molecular weight excluding hydrogens is 285 g/mol. The molecule has 1 aromatic rings. The van der Waals surface area contributed by atoms with Crippen molar-refractivity contribution >= 4 is 5.91 Å². The zero-order valence-corrected chi connectivity index (χ0v) is 11.8.